The average molecular weight is 359 g/mol. The standard InChI is InChI=1S/C12H25NO7S2/c1-12(2,3)20-11(14)13-10(9-18-21(4)15)7-6-8-19-22(5,16)17/h10H,6-9H2,1-5H3,(H,13,14)/t10-,21?/m0/s1. The molecule has 0 saturated heterocycles. The number of nitrogens with one attached hydrogen (secondary N) is 1. The van der Waals surface area contributed by atoms with E-state index in [0.29, 0.717) is 12.8 Å². The van der Waals surface area contributed by atoms with Crippen LogP contribution in [0.5, 0.6) is 0 Å². The number of carbonyl (C=O) groups is 1. The molecule has 22 heavy (non-hydrogen) atoms. The van der Waals surface area contributed by atoms with Crippen molar-refractivity contribution in [2.75, 3.05) is 25.7 Å². The molecule has 0 heterocycles. The molecule has 0 rings (SSSR count). The van der Waals surface area contributed by atoms with Crippen LogP contribution < -0.4 is 5.32 Å². The van der Waals surface area contributed by atoms with Crippen LogP contribution in [0, 0.1) is 0 Å². The van der Waals surface area contributed by atoms with Gasteiger partial charge in [-0.2, -0.15) is 8.42 Å². The third kappa shape index (κ3) is 14.2. The molecule has 0 saturated carbocycles. The van der Waals surface area contributed by atoms with Crippen LogP contribution in [-0.2, 0) is 34.3 Å². The van der Waals surface area contributed by atoms with E-state index in [0.717, 1.165) is 6.26 Å². The van der Waals surface area contributed by atoms with Crippen molar-refractivity contribution in [2.45, 2.75) is 45.3 Å². The molecule has 1 unspecified atom stereocenters. The zero-order valence-electron chi connectivity index (χ0n) is 13.6. The molecular formula is C12H25NO7S2. The van der Waals surface area contributed by atoms with Gasteiger partial charge in [-0.1, -0.05) is 0 Å². The van der Waals surface area contributed by atoms with Crippen molar-refractivity contribution < 1.29 is 30.5 Å². The SMILES string of the molecule is CS(=O)OC[C@H](CCCOS(C)(=O)=O)NC(=O)OC(C)(C)C. The molecule has 10 heteroatoms. The number of carbonyl (C=O) groups excluding carboxylic acids is 1. The number of alkyl carbamates (subject to hydrolysis) is 1. The Labute approximate surface area is 134 Å². The van der Waals surface area contributed by atoms with Crippen LogP contribution in [0.25, 0.3) is 0 Å². The summed E-state index contributed by atoms with van der Waals surface area (Å²) in [5.74, 6) is 0. The van der Waals surface area contributed by atoms with Crippen molar-refractivity contribution in [3.8, 4) is 0 Å². The monoisotopic (exact) mass is 359 g/mol. The summed E-state index contributed by atoms with van der Waals surface area (Å²) in [4.78, 5) is 11.7. The summed E-state index contributed by atoms with van der Waals surface area (Å²) >= 11 is -1.46. The maximum atomic E-state index is 11.7. The van der Waals surface area contributed by atoms with Gasteiger partial charge in [0.2, 0.25) is 0 Å². The highest BCUT2D eigenvalue weighted by Crippen LogP contribution is 2.08. The molecule has 1 amide bonds. The van der Waals surface area contributed by atoms with Gasteiger partial charge >= 0.3 is 6.09 Å². The van der Waals surface area contributed by atoms with Crippen LogP contribution in [0.2, 0.25) is 0 Å². The fourth-order valence-corrected chi connectivity index (χ4v) is 2.17. The van der Waals surface area contributed by atoms with Crippen LogP contribution >= 0.6 is 0 Å². The van der Waals surface area contributed by atoms with Crippen molar-refractivity contribution in [3.05, 3.63) is 0 Å². The van der Waals surface area contributed by atoms with Gasteiger partial charge in [0.05, 0.1) is 25.5 Å². The van der Waals surface area contributed by atoms with Crippen LogP contribution in [0.15, 0.2) is 0 Å². The first-order valence-corrected chi connectivity index (χ1v) is 9.99. The molecule has 0 aliphatic carbocycles. The van der Waals surface area contributed by atoms with Crippen molar-refractivity contribution in [1.29, 1.82) is 0 Å². The Bertz CT molecular complexity index is 470. The van der Waals surface area contributed by atoms with Crippen LogP contribution in [-0.4, -0.2) is 56.1 Å². The smallest absolute Gasteiger partial charge is 0.407 e. The van der Waals surface area contributed by atoms with E-state index in [1.807, 2.05) is 0 Å². The Morgan fingerprint density at radius 1 is 1.32 bits per heavy atom. The van der Waals surface area contributed by atoms with Gasteiger partial charge in [-0.25, -0.2) is 9.00 Å². The Hall–Kier alpha value is -0.710. The number of amides is 1. The lowest BCUT2D eigenvalue weighted by molar-refractivity contribution is 0.0484. The van der Waals surface area contributed by atoms with E-state index in [1.54, 1.807) is 20.8 Å². The van der Waals surface area contributed by atoms with Gasteiger partial charge in [0.1, 0.15) is 5.60 Å². The molecule has 1 N–H and O–H groups in total. The molecule has 0 aromatic heterocycles. The van der Waals surface area contributed by atoms with Gasteiger partial charge in [0.15, 0.2) is 11.1 Å². The van der Waals surface area contributed by atoms with Crippen molar-refractivity contribution in [1.82, 2.24) is 5.32 Å². The van der Waals surface area contributed by atoms with Crippen molar-refractivity contribution >= 4 is 27.3 Å². The van der Waals surface area contributed by atoms with E-state index in [2.05, 4.69) is 9.50 Å². The van der Waals surface area contributed by atoms with Gasteiger partial charge in [-0.15, -0.1) is 0 Å². The maximum absolute atomic E-state index is 11.7. The predicted molar refractivity (Wildman–Crippen MR) is 83.2 cm³/mol. The lowest BCUT2D eigenvalue weighted by Gasteiger charge is -2.23. The van der Waals surface area contributed by atoms with E-state index >= 15 is 0 Å². The number of rotatable bonds is 9. The lowest BCUT2D eigenvalue weighted by Crippen LogP contribution is -2.41. The largest absolute Gasteiger partial charge is 0.444 e. The molecule has 0 aromatic carbocycles. The number of hydrogen-bond acceptors (Lipinski definition) is 7. The number of ether oxygens (including phenoxy) is 1. The first kappa shape index (κ1) is 21.3. The molecule has 0 fully saturated rings. The van der Waals surface area contributed by atoms with Gasteiger partial charge in [0, 0.05) is 6.26 Å². The fourth-order valence-electron chi connectivity index (χ4n) is 1.39. The molecule has 0 spiro atoms. The molecule has 0 radical (unpaired) electrons. The number of hydrogen-bond donors (Lipinski definition) is 1. The van der Waals surface area contributed by atoms with E-state index in [4.69, 9.17) is 8.92 Å². The summed E-state index contributed by atoms with van der Waals surface area (Å²) in [6.07, 6.45) is 2.50. The topological polar surface area (TPSA) is 108 Å². The molecule has 0 aromatic rings. The van der Waals surface area contributed by atoms with Crippen LogP contribution in [0.1, 0.15) is 33.6 Å². The molecule has 132 valence electrons. The van der Waals surface area contributed by atoms with E-state index in [1.165, 1.54) is 6.26 Å². The van der Waals surface area contributed by atoms with Gasteiger partial charge in [-0.05, 0) is 33.6 Å². The Morgan fingerprint density at radius 2 is 1.91 bits per heavy atom. The summed E-state index contributed by atoms with van der Waals surface area (Å²) in [5, 5.41) is 2.60. The second kappa shape index (κ2) is 9.43. The third-order valence-corrected chi connectivity index (χ3v) is 3.21. The first-order valence-electron chi connectivity index (χ1n) is 6.69. The van der Waals surface area contributed by atoms with Gasteiger partial charge in [-0.3, -0.25) is 8.37 Å². The molecule has 0 bridgehead atoms. The zero-order valence-corrected chi connectivity index (χ0v) is 15.2. The Balaban J connectivity index is 4.36. The zero-order chi connectivity index (χ0) is 17.4. The summed E-state index contributed by atoms with van der Waals surface area (Å²) in [6.45, 7) is 5.24. The quantitative estimate of drug-likeness (QED) is 0.482. The van der Waals surface area contributed by atoms with E-state index < -0.39 is 38.9 Å². The van der Waals surface area contributed by atoms with Crippen molar-refractivity contribution in [2.24, 2.45) is 0 Å². The second-order valence-electron chi connectivity index (χ2n) is 5.70. The highest BCUT2D eigenvalue weighted by atomic mass is 32.2. The summed E-state index contributed by atoms with van der Waals surface area (Å²) < 4.78 is 47.4. The fraction of sp³-hybridized carbons (Fsp3) is 0.917. The Kier molecular flexibility index (Phi) is 9.13. The summed E-state index contributed by atoms with van der Waals surface area (Å²) in [7, 11) is -3.49. The van der Waals surface area contributed by atoms with Gasteiger partial charge in [0.25, 0.3) is 10.1 Å². The highest BCUT2D eigenvalue weighted by Gasteiger charge is 2.20. The van der Waals surface area contributed by atoms with Crippen LogP contribution in [0.4, 0.5) is 4.79 Å². The second-order valence-corrected chi connectivity index (χ2v) is 8.38. The summed E-state index contributed by atoms with van der Waals surface area (Å²) in [5.41, 5.74) is -0.636. The molecule has 2 atom stereocenters. The lowest BCUT2D eigenvalue weighted by atomic mass is 10.2. The maximum Gasteiger partial charge on any atom is 0.407 e. The Morgan fingerprint density at radius 3 is 2.36 bits per heavy atom. The highest BCUT2D eigenvalue weighted by molar-refractivity contribution is 7.86. The first-order chi connectivity index (χ1) is 9.89. The molecule has 8 nitrogen and oxygen atoms in total. The minimum Gasteiger partial charge on any atom is -0.444 e. The third-order valence-electron chi connectivity index (χ3n) is 2.15. The average Bonchev–Trinajstić information content (AvgIpc) is 2.27. The van der Waals surface area contributed by atoms with E-state index in [-0.39, 0.29) is 13.2 Å². The predicted octanol–water partition coefficient (Wildman–Crippen LogP) is 0.946. The molecule has 0 aliphatic rings. The minimum atomic E-state index is -3.49. The minimum absolute atomic E-state index is 0.000542. The van der Waals surface area contributed by atoms with E-state index in [9.17, 15) is 17.4 Å². The van der Waals surface area contributed by atoms with Crippen LogP contribution in [0.3, 0.4) is 0 Å². The normalized spacial score (nSPS) is 15.1. The summed E-state index contributed by atoms with van der Waals surface area (Å²) in [6, 6.07) is -0.457. The molecule has 0 aliphatic heterocycles. The van der Waals surface area contributed by atoms with Gasteiger partial charge < -0.3 is 10.1 Å². The molecular weight excluding hydrogens is 334 g/mol. The van der Waals surface area contributed by atoms with Crippen molar-refractivity contribution in [3.63, 3.8) is 0 Å².